The van der Waals surface area contributed by atoms with Gasteiger partial charge in [-0.15, -0.1) is 0 Å². The molecule has 0 aliphatic carbocycles. The summed E-state index contributed by atoms with van der Waals surface area (Å²) >= 11 is 5.82. The number of halogens is 1. The third kappa shape index (κ3) is 2.75. The lowest BCUT2D eigenvalue weighted by Gasteiger charge is -2.14. The van der Waals surface area contributed by atoms with Gasteiger partial charge in [-0.05, 0) is 31.5 Å². The highest BCUT2D eigenvalue weighted by atomic mass is 35.5. The van der Waals surface area contributed by atoms with E-state index in [0.717, 1.165) is 0 Å². The van der Waals surface area contributed by atoms with Gasteiger partial charge in [0.15, 0.2) is 0 Å². The number of aromatic nitrogens is 1. The zero-order chi connectivity index (χ0) is 14.9. The topological polar surface area (TPSA) is 59.3 Å². The molecule has 0 aliphatic heterocycles. The van der Waals surface area contributed by atoms with E-state index in [-0.39, 0.29) is 11.6 Å². The van der Waals surface area contributed by atoms with Crippen LogP contribution in [0.25, 0.3) is 11.1 Å². The number of carboxylic acids is 1. The lowest BCUT2D eigenvalue weighted by Crippen LogP contribution is -2.20. The van der Waals surface area contributed by atoms with Crippen molar-refractivity contribution >= 4 is 17.6 Å². The number of benzene rings is 1. The summed E-state index contributed by atoms with van der Waals surface area (Å²) in [6, 6.07) is 6.80. The number of carbonyl (C=O) groups is 1. The Hall–Kier alpha value is -2.07. The summed E-state index contributed by atoms with van der Waals surface area (Å²) in [6.45, 7) is 3.84. The molecular formula is C15H14ClNO3. The molecule has 0 spiro atoms. The second kappa shape index (κ2) is 5.51. The molecule has 0 unspecified atom stereocenters. The third-order valence-corrected chi connectivity index (χ3v) is 3.28. The molecule has 0 radical (unpaired) electrons. The minimum atomic E-state index is -1.22. The highest BCUT2D eigenvalue weighted by Gasteiger charge is 2.15. The van der Waals surface area contributed by atoms with Crippen LogP contribution in [0.3, 0.4) is 0 Å². The summed E-state index contributed by atoms with van der Waals surface area (Å²) in [6.07, 6.45) is 3.04. The van der Waals surface area contributed by atoms with Gasteiger partial charge < -0.3 is 9.67 Å². The predicted molar refractivity (Wildman–Crippen MR) is 78.5 cm³/mol. The van der Waals surface area contributed by atoms with Crippen molar-refractivity contribution in [1.29, 1.82) is 0 Å². The van der Waals surface area contributed by atoms with Crippen LogP contribution in [-0.4, -0.2) is 15.6 Å². The summed E-state index contributed by atoms with van der Waals surface area (Å²) in [4.78, 5) is 23.4. The molecule has 1 N–H and O–H groups in total. The molecule has 0 saturated carbocycles. The molecule has 104 valence electrons. The summed E-state index contributed by atoms with van der Waals surface area (Å²) in [5.41, 5.74) is 0.287. The van der Waals surface area contributed by atoms with Crippen molar-refractivity contribution in [3.05, 3.63) is 57.5 Å². The zero-order valence-corrected chi connectivity index (χ0v) is 11.9. The van der Waals surface area contributed by atoms with E-state index in [1.165, 1.54) is 6.20 Å². The van der Waals surface area contributed by atoms with Gasteiger partial charge in [-0.3, -0.25) is 4.79 Å². The highest BCUT2D eigenvalue weighted by molar-refractivity contribution is 6.30. The van der Waals surface area contributed by atoms with E-state index in [0.29, 0.717) is 16.1 Å². The van der Waals surface area contributed by atoms with Gasteiger partial charge in [0.25, 0.3) is 0 Å². The second-order valence-corrected chi connectivity index (χ2v) is 5.20. The van der Waals surface area contributed by atoms with Crippen LogP contribution >= 0.6 is 11.6 Å². The number of hydrogen-bond donors (Lipinski definition) is 1. The molecule has 1 heterocycles. The minimum absolute atomic E-state index is 0.0553. The number of carboxylic acid groups (broad SMARTS) is 1. The van der Waals surface area contributed by atoms with Crippen molar-refractivity contribution in [2.24, 2.45) is 0 Å². The van der Waals surface area contributed by atoms with Crippen LogP contribution in [0.1, 0.15) is 30.2 Å². The fourth-order valence-corrected chi connectivity index (χ4v) is 2.01. The van der Waals surface area contributed by atoms with Gasteiger partial charge >= 0.3 is 5.97 Å². The van der Waals surface area contributed by atoms with Crippen LogP contribution in [0.15, 0.2) is 41.5 Å². The monoisotopic (exact) mass is 291 g/mol. The second-order valence-electron chi connectivity index (χ2n) is 4.77. The molecule has 0 saturated heterocycles. The summed E-state index contributed by atoms with van der Waals surface area (Å²) in [5.74, 6) is -1.22. The molecule has 0 fully saturated rings. The van der Waals surface area contributed by atoms with Crippen LogP contribution in [-0.2, 0) is 0 Å². The van der Waals surface area contributed by atoms with E-state index in [4.69, 9.17) is 16.7 Å². The first kappa shape index (κ1) is 14.3. The largest absolute Gasteiger partial charge is 0.477 e. The van der Waals surface area contributed by atoms with Gasteiger partial charge in [-0.25, -0.2) is 4.79 Å². The fraction of sp³-hybridized carbons (Fsp3) is 0.200. The Morgan fingerprint density at radius 1 is 1.20 bits per heavy atom. The molecular weight excluding hydrogens is 278 g/mol. The molecule has 1 aromatic heterocycles. The van der Waals surface area contributed by atoms with Crippen molar-refractivity contribution < 1.29 is 9.90 Å². The predicted octanol–water partition coefficient (Wildman–Crippen LogP) is 3.45. The first-order valence-electron chi connectivity index (χ1n) is 6.15. The van der Waals surface area contributed by atoms with E-state index in [2.05, 4.69) is 0 Å². The molecule has 4 nitrogen and oxygen atoms in total. The number of pyridine rings is 1. The number of aromatic carboxylic acids is 1. The van der Waals surface area contributed by atoms with E-state index in [1.54, 1.807) is 35.0 Å². The maximum absolute atomic E-state index is 12.2. The van der Waals surface area contributed by atoms with Gasteiger partial charge in [0.1, 0.15) is 5.56 Å². The molecule has 0 amide bonds. The minimum Gasteiger partial charge on any atom is -0.477 e. The van der Waals surface area contributed by atoms with Gasteiger partial charge in [0, 0.05) is 29.0 Å². The first-order valence-corrected chi connectivity index (χ1v) is 6.53. The lowest BCUT2D eigenvalue weighted by molar-refractivity contribution is 0.0694. The van der Waals surface area contributed by atoms with Crippen molar-refractivity contribution in [2.45, 2.75) is 19.9 Å². The number of rotatable bonds is 3. The van der Waals surface area contributed by atoms with E-state index < -0.39 is 11.4 Å². The maximum Gasteiger partial charge on any atom is 0.341 e. The van der Waals surface area contributed by atoms with Crippen LogP contribution < -0.4 is 5.43 Å². The summed E-state index contributed by atoms with van der Waals surface area (Å²) in [5, 5.41) is 9.72. The average molecular weight is 292 g/mol. The SMILES string of the molecule is CC(C)n1cc(C(=O)O)c(=O)c(-c2ccc(Cl)cc2)c1. The van der Waals surface area contributed by atoms with Crippen molar-refractivity contribution in [1.82, 2.24) is 4.57 Å². The average Bonchev–Trinajstić information content (AvgIpc) is 2.39. The van der Waals surface area contributed by atoms with E-state index in [1.807, 2.05) is 13.8 Å². The summed E-state index contributed by atoms with van der Waals surface area (Å²) < 4.78 is 1.72. The highest BCUT2D eigenvalue weighted by Crippen LogP contribution is 2.20. The molecule has 5 heteroatoms. The Labute approximate surface area is 121 Å². The van der Waals surface area contributed by atoms with Crippen molar-refractivity contribution in [3.8, 4) is 11.1 Å². The Bertz CT molecular complexity index is 702. The lowest BCUT2D eigenvalue weighted by atomic mass is 10.0. The van der Waals surface area contributed by atoms with E-state index >= 15 is 0 Å². The Morgan fingerprint density at radius 2 is 1.80 bits per heavy atom. The Balaban J connectivity index is 2.71. The van der Waals surface area contributed by atoms with Crippen LogP contribution in [0.2, 0.25) is 5.02 Å². The molecule has 0 bridgehead atoms. The van der Waals surface area contributed by atoms with Crippen LogP contribution in [0.5, 0.6) is 0 Å². The molecule has 0 aliphatic rings. The first-order chi connectivity index (χ1) is 9.40. The Morgan fingerprint density at radius 3 is 2.30 bits per heavy atom. The molecule has 0 atom stereocenters. The zero-order valence-electron chi connectivity index (χ0n) is 11.1. The fourth-order valence-electron chi connectivity index (χ4n) is 1.88. The molecule has 20 heavy (non-hydrogen) atoms. The molecule has 2 rings (SSSR count). The van der Waals surface area contributed by atoms with Gasteiger partial charge in [0.2, 0.25) is 5.43 Å². The third-order valence-electron chi connectivity index (χ3n) is 3.03. The number of nitrogens with zero attached hydrogens (tertiary/aromatic N) is 1. The van der Waals surface area contributed by atoms with Crippen molar-refractivity contribution in [3.63, 3.8) is 0 Å². The molecule has 2 aromatic rings. The van der Waals surface area contributed by atoms with Crippen LogP contribution in [0, 0.1) is 0 Å². The Kier molecular flexibility index (Phi) is 3.95. The van der Waals surface area contributed by atoms with Crippen LogP contribution in [0.4, 0.5) is 0 Å². The standard InChI is InChI=1S/C15H14ClNO3/c1-9(2)17-7-12(10-3-5-11(16)6-4-10)14(18)13(8-17)15(19)20/h3-9H,1-2H3,(H,19,20). The quantitative estimate of drug-likeness (QED) is 0.942. The van der Waals surface area contributed by atoms with Crippen molar-refractivity contribution in [2.75, 3.05) is 0 Å². The van der Waals surface area contributed by atoms with Gasteiger partial charge in [-0.2, -0.15) is 0 Å². The van der Waals surface area contributed by atoms with E-state index in [9.17, 15) is 9.59 Å². The summed E-state index contributed by atoms with van der Waals surface area (Å²) in [7, 11) is 0. The number of hydrogen-bond acceptors (Lipinski definition) is 2. The normalized spacial score (nSPS) is 10.8. The molecule has 1 aromatic carbocycles. The maximum atomic E-state index is 12.2. The van der Waals surface area contributed by atoms with Gasteiger partial charge in [0.05, 0.1) is 0 Å². The smallest absolute Gasteiger partial charge is 0.341 e. The van der Waals surface area contributed by atoms with Gasteiger partial charge in [-0.1, -0.05) is 23.7 Å².